The summed E-state index contributed by atoms with van der Waals surface area (Å²) in [6.07, 6.45) is 4.09. The summed E-state index contributed by atoms with van der Waals surface area (Å²) in [5, 5.41) is 0.194. The van der Waals surface area contributed by atoms with Crippen LogP contribution < -0.4 is 5.43 Å². The van der Waals surface area contributed by atoms with Crippen LogP contribution in [0.3, 0.4) is 0 Å². The van der Waals surface area contributed by atoms with Crippen molar-refractivity contribution in [2.45, 2.75) is 6.42 Å². The summed E-state index contributed by atoms with van der Waals surface area (Å²) in [6, 6.07) is 9.84. The minimum Gasteiger partial charge on any atom is -0.360 e. The Morgan fingerprint density at radius 3 is 2.71 bits per heavy atom. The summed E-state index contributed by atoms with van der Waals surface area (Å²) in [4.78, 5) is 36.7. The number of carbonyl (C=O) groups is 1. The monoisotopic (exact) mass is 380 g/mol. The zero-order valence-electron chi connectivity index (χ0n) is 15.4. The van der Waals surface area contributed by atoms with Gasteiger partial charge in [0, 0.05) is 68.1 Å². The Balaban J connectivity index is 1.41. The van der Waals surface area contributed by atoms with Crippen LogP contribution in [-0.4, -0.2) is 58.4 Å². The van der Waals surface area contributed by atoms with Gasteiger partial charge in [0.25, 0.3) is 5.91 Å². The highest BCUT2D eigenvalue weighted by Gasteiger charge is 2.24. The predicted octanol–water partition coefficient (Wildman–Crippen LogP) is 2.06. The van der Waals surface area contributed by atoms with Crippen LogP contribution in [0.5, 0.6) is 0 Å². The topological polar surface area (TPSA) is 69.3 Å². The van der Waals surface area contributed by atoms with Crippen LogP contribution in [0.25, 0.3) is 10.9 Å². The summed E-state index contributed by atoms with van der Waals surface area (Å²) in [6.45, 7) is 3.50. The van der Waals surface area contributed by atoms with Gasteiger partial charge in [-0.05, 0) is 30.3 Å². The summed E-state index contributed by atoms with van der Waals surface area (Å²) in [5.41, 5.74) is 1.19. The molecule has 28 heavy (non-hydrogen) atoms. The lowest BCUT2D eigenvalue weighted by atomic mass is 10.1. The number of aromatic nitrogens is 2. The number of piperazine rings is 1. The molecule has 1 aromatic carbocycles. The van der Waals surface area contributed by atoms with E-state index in [1.165, 1.54) is 24.4 Å². The number of rotatable bonds is 4. The van der Waals surface area contributed by atoms with E-state index in [-0.39, 0.29) is 16.9 Å². The van der Waals surface area contributed by atoms with Crippen molar-refractivity contribution in [3.05, 3.63) is 76.1 Å². The molecule has 7 heteroatoms. The Morgan fingerprint density at radius 2 is 1.96 bits per heavy atom. The lowest BCUT2D eigenvalue weighted by Gasteiger charge is -2.34. The van der Waals surface area contributed by atoms with E-state index >= 15 is 0 Å². The number of H-pyrrole nitrogens is 1. The first-order chi connectivity index (χ1) is 13.6. The van der Waals surface area contributed by atoms with Crippen molar-refractivity contribution in [1.82, 2.24) is 19.8 Å². The quantitative estimate of drug-likeness (QED) is 0.752. The van der Waals surface area contributed by atoms with E-state index in [4.69, 9.17) is 0 Å². The maximum absolute atomic E-state index is 13.5. The van der Waals surface area contributed by atoms with Crippen LogP contribution >= 0.6 is 0 Å². The molecule has 3 heterocycles. The van der Waals surface area contributed by atoms with E-state index in [0.29, 0.717) is 18.6 Å². The van der Waals surface area contributed by atoms with E-state index in [0.717, 1.165) is 31.7 Å². The second-order valence-corrected chi connectivity index (χ2v) is 6.93. The van der Waals surface area contributed by atoms with Crippen molar-refractivity contribution >= 4 is 16.8 Å². The molecule has 6 nitrogen and oxygen atoms in total. The molecule has 1 aliphatic rings. The molecule has 1 amide bonds. The second kappa shape index (κ2) is 7.90. The average molecular weight is 380 g/mol. The Hall–Kier alpha value is -3.06. The first-order valence-electron chi connectivity index (χ1n) is 9.34. The molecule has 0 spiro atoms. The molecule has 4 rings (SSSR count). The van der Waals surface area contributed by atoms with Gasteiger partial charge in [-0.3, -0.25) is 19.5 Å². The molecular formula is C21H21FN4O2. The lowest BCUT2D eigenvalue weighted by molar-refractivity contribution is 0.0637. The molecule has 1 aliphatic heterocycles. The van der Waals surface area contributed by atoms with Gasteiger partial charge in [-0.15, -0.1) is 0 Å². The molecular weight excluding hydrogens is 359 g/mol. The number of halogens is 1. The summed E-state index contributed by atoms with van der Waals surface area (Å²) >= 11 is 0. The Bertz CT molecular complexity index is 1040. The molecule has 144 valence electrons. The predicted molar refractivity (Wildman–Crippen MR) is 105 cm³/mol. The molecule has 1 fully saturated rings. The number of benzene rings is 1. The highest BCUT2D eigenvalue weighted by atomic mass is 19.1. The highest BCUT2D eigenvalue weighted by Crippen LogP contribution is 2.12. The van der Waals surface area contributed by atoms with Crippen molar-refractivity contribution in [2.24, 2.45) is 0 Å². The van der Waals surface area contributed by atoms with Gasteiger partial charge in [-0.1, -0.05) is 6.07 Å². The molecule has 1 saturated heterocycles. The van der Waals surface area contributed by atoms with Crippen molar-refractivity contribution in [3.63, 3.8) is 0 Å². The maximum Gasteiger partial charge on any atom is 0.259 e. The number of nitrogens with one attached hydrogen (secondary N) is 1. The van der Waals surface area contributed by atoms with Gasteiger partial charge in [-0.2, -0.15) is 0 Å². The van der Waals surface area contributed by atoms with Crippen LogP contribution in [0.15, 0.2) is 53.6 Å². The van der Waals surface area contributed by atoms with Crippen molar-refractivity contribution in [3.8, 4) is 0 Å². The largest absolute Gasteiger partial charge is 0.360 e. The zero-order chi connectivity index (χ0) is 19.5. The first-order valence-corrected chi connectivity index (χ1v) is 9.34. The Labute approximate surface area is 161 Å². The van der Waals surface area contributed by atoms with Gasteiger partial charge in [0.15, 0.2) is 0 Å². The van der Waals surface area contributed by atoms with E-state index in [2.05, 4.69) is 14.9 Å². The molecule has 0 atom stereocenters. The summed E-state index contributed by atoms with van der Waals surface area (Å²) in [7, 11) is 0. The molecule has 0 saturated carbocycles. The number of nitrogens with zero attached hydrogens (tertiary/aromatic N) is 3. The number of aromatic amines is 1. The number of amides is 1. The minimum absolute atomic E-state index is 0.0556. The maximum atomic E-state index is 13.5. The molecule has 2 aromatic heterocycles. The van der Waals surface area contributed by atoms with Crippen molar-refractivity contribution < 1.29 is 9.18 Å². The molecule has 0 unspecified atom stereocenters. The molecule has 3 aromatic rings. The fraction of sp³-hybridized carbons (Fsp3) is 0.286. The summed E-state index contributed by atoms with van der Waals surface area (Å²) in [5.74, 6) is -0.805. The third kappa shape index (κ3) is 3.80. The third-order valence-electron chi connectivity index (χ3n) is 5.14. The minimum atomic E-state index is -0.496. The van der Waals surface area contributed by atoms with Crippen molar-refractivity contribution in [2.75, 3.05) is 32.7 Å². The van der Waals surface area contributed by atoms with Gasteiger partial charge >= 0.3 is 0 Å². The average Bonchev–Trinajstić information content (AvgIpc) is 2.74. The van der Waals surface area contributed by atoms with E-state index in [1.54, 1.807) is 11.1 Å². The number of fused-ring (bicyclic) bond motifs is 1. The summed E-state index contributed by atoms with van der Waals surface area (Å²) < 4.78 is 13.5. The first kappa shape index (κ1) is 18.3. The number of pyridine rings is 2. The van der Waals surface area contributed by atoms with Gasteiger partial charge in [0.05, 0.1) is 0 Å². The molecule has 1 N–H and O–H groups in total. The normalized spacial score (nSPS) is 15.1. The molecule has 0 aliphatic carbocycles. The van der Waals surface area contributed by atoms with Crippen LogP contribution in [0.4, 0.5) is 4.39 Å². The van der Waals surface area contributed by atoms with Gasteiger partial charge in [-0.25, -0.2) is 4.39 Å². The fourth-order valence-corrected chi connectivity index (χ4v) is 3.51. The zero-order valence-corrected chi connectivity index (χ0v) is 15.4. The smallest absolute Gasteiger partial charge is 0.259 e. The molecule has 0 bridgehead atoms. The second-order valence-electron chi connectivity index (χ2n) is 6.93. The van der Waals surface area contributed by atoms with Gasteiger partial charge < -0.3 is 9.88 Å². The SMILES string of the molecule is O=C(c1c[nH]c2ccc(F)cc2c1=O)N1CCN(CCc2ccccn2)CC1. The van der Waals surface area contributed by atoms with Crippen LogP contribution in [0.2, 0.25) is 0 Å². The van der Waals surface area contributed by atoms with Gasteiger partial charge in [0.2, 0.25) is 5.43 Å². The number of hydrogen-bond donors (Lipinski definition) is 1. The van der Waals surface area contributed by atoms with Crippen molar-refractivity contribution in [1.29, 1.82) is 0 Å². The fourth-order valence-electron chi connectivity index (χ4n) is 3.51. The van der Waals surface area contributed by atoms with Gasteiger partial charge in [0.1, 0.15) is 11.4 Å². The third-order valence-corrected chi connectivity index (χ3v) is 5.14. The van der Waals surface area contributed by atoms with E-state index in [1.807, 2.05) is 18.2 Å². The Morgan fingerprint density at radius 1 is 1.14 bits per heavy atom. The lowest BCUT2D eigenvalue weighted by Crippen LogP contribution is -2.49. The van der Waals surface area contributed by atoms with E-state index in [9.17, 15) is 14.0 Å². The van der Waals surface area contributed by atoms with Crippen LogP contribution in [0.1, 0.15) is 16.1 Å². The number of hydrogen-bond acceptors (Lipinski definition) is 4. The highest BCUT2D eigenvalue weighted by molar-refractivity contribution is 5.97. The standard InChI is InChI=1S/C21H21FN4O2/c22-15-4-5-19-17(13-15)20(27)18(14-24-19)21(28)26-11-9-25(10-12-26)8-6-16-3-1-2-7-23-16/h1-5,7,13-14H,6,8-12H2,(H,24,27). The number of carbonyl (C=O) groups excluding carboxylic acids is 1. The molecule has 0 radical (unpaired) electrons. The van der Waals surface area contributed by atoms with Crippen LogP contribution in [-0.2, 0) is 6.42 Å². The van der Waals surface area contributed by atoms with Crippen LogP contribution in [0, 0.1) is 5.82 Å². The van der Waals surface area contributed by atoms with E-state index < -0.39 is 11.2 Å². The Kier molecular flexibility index (Phi) is 5.16.